The van der Waals surface area contributed by atoms with Gasteiger partial charge in [0.05, 0.1) is 38.6 Å². The number of esters is 1. The van der Waals surface area contributed by atoms with Gasteiger partial charge in [-0.05, 0) is 31.8 Å². The molecule has 0 aromatic heterocycles. The maximum atomic E-state index is 9.68. The summed E-state index contributed by atoms with van der Waals surface area (Å²) < 4.78 is 5.71. The number of ether oxygens (including phenoxy) is 1. The molecule has 1 heterocycles. The van der Waals surface area contributed by atoms with Crippen molar-refractivity contribution in [1.29, 1.82) is 0 Å². The van der Waals surface area contributed by atoms with Crippen molar-refractivity contribution in [1.82, 2.24) is 0 Å². The van der Waals surface area contributed by atoms with E-state index in [0.29, 0.717) is 13.0 Å². The van der Waals surface area contributed by atoms with E-state index < -0.39 is 5.97 Å². The molecule has 0 unspecified atom stereocenters. The number of carbonyl (C=O) groups excluding carboxylic acids is 2. The lowest BCUT2D eigenvalue weighted by molar-refractivity contribution is -0.929. The molecule has 0 aromatic carbocycles. The van der Waals surface area contributed by atoms with Gasteiger partial charge in [-0.1, -0.05) is 60.0 Å². The van der Waals surface area contributed by atoms with Crippen LogP contribution >= 0.6 is 0 Å². The van der Waals surface area contributed by atoms with Gasteiger partial charge in [-0.2, -0.15) is 0 Å². The minimum Gasteiger partial charge on any atom is -0.545 e. The van der Waals surface area contributed by atoms with Gasteiger partial charge in [0.1, 0.15) is 6.61 Å². The fourth-order valence-corrected chi connectivity index (χ4v) is 2.83. The molecule has 0 amide bonds. The number of carbonyl (C=O) groups is 2. The molecule has 1 aliphatic heterocycles. The van der Waals surface area contributed by atoms with Crippen LogP contribution in [0, 0.1) is 0 Å². The lowest BCUT2D eigenvalue weighted by Crippen LogP contribution is -2.50. The standard InChI is InChI=1S/C16H36N.2C3H4O2/c1-5-9-13-17(14-10-6-2,15-11-7-3)16-12-8-4;4-3-1-2-5-3;1-2-3(4)5/h5-16H2,1-4H3;1-2H2;2H,1H2,(H,4,5)/q+1;;/p-1. The van der Waals surface area contributed by atoms with E-state index >= 15 is 0 Å². The number of hydrogen-bond donors (Lipinski definition) is 0. The number of nitrogens with zero attached hydrogens (tertiary/aromatic N) is 1. The van der Waals surface area contributed by atoms with Gasteiger partial charge >= 0.3 is 5.97 Å². The van der Waals surface area contributed by atoms with Crippen LogP contribution in [0.3, 0.4) is 0 Å². The third-order valence-corrected chi connectivity index (χ3v) is 4.68. The summed E-state index contributed by atoms with van der Waals surface area (Å²) in [6.07, 6.45) is 12.4. The van der Waals surface area contributed by atoms with Gasteiger partial charge < -0.3 is 19.1 Å². The van der Waals surface area contributed by atoms with Crippen LogP contribution in [-0.2, 0) is 14.3 Å². The number of unbranched alkanes of at least 4 members (excludes halogenated alkanes) is 4. The maximum Gasteiger partial charge on any atom is 0.309 e. The molecule has 0 radical (unpaired) electrons. The second-order valence-corrected chi connectivity index (χ2v) is 7.14. The number of carboxylic acids is 1. The van der Waals surface area contributed by atoms with Gasteiger partial charge in [-0.3, -0.25) is 4.79 Å². The van der Waals surface area contributed by atoms with Crippen LogP contribution in [0.25, 0.3) is 0 Å². The monoisotopic (exact) mass is 385 g/mol. The largest absolute Gasteiger partial charge is 0.545 e. The molecule has 5 heteroatoms. The third kappa shape index (κ3) is 17.8. The van der Waals surface area contributed by atoms with Crippen molar-refractivity contribution in [2.75, 3.05) is 32.8 Å². The van der Waals surface area contributed by atoms with Gasteiger partial charge in [0, 0.05) is 0 Å². The summed E-state index contributed by atoms with van der Waals surface area (Å²) >= 11 is 0. The number of rotatable bonds is 13. The Bertz CT molecular complexity index is 339. The van der Waals surface area contributed by atoms with Crippen LogP contribution in [0.5, 0.6) is 0 Å². The predicted molar refractivity (Wildman–Crippen MR) is 110 cm³/mol. The molecule has 0 aromatic rings. The van der Waals surface area contributed by atoms with Crippen molar-refractivity contribution in [2.45, 2.75) is 85.5 Å². The minimum absolute atomic E-state index is 0.0648. The highest BCUT2D eigenvalue weighted by Crippen LogP contribution is 2.16. The zero-order valence-corrected chi connectivity index (χ0v) is 18.3. The molecule has 1 saturated heterocycles. The molecule has 1 rings (SSSR count). The van der Waals surface area contributed by atoms with Crippen molar-refractivity contribution >= 4 is 11.9 Å². The Balaban J connectivity index is 0. The summed E-state index contributed by atoms with van der Waals surface area (Å²) in [7, 11) is 0. The Morgan fingerprint density at radius 2 is 1.22 bits per heavy atom. The highest BCUT2D eigenvalue weighted by Gasteiger charge is 2.24. The van der Waals surface area contributed by atoms with Crippen molar-refractivity contribution in [2.24, 2.45) is 0 Å². The molecule has 0 N–H and O–H groups in total. The molecule has 0 aliphatic carbocycles. The van der Waals surface area contributed by atoms with E-state index in [1.54, 1.807) is 0 Å². The third-order valence-electron chi connectivity index (χ3n) is 4.68. The summed E-state index contributed by atoms with van der Waals surface area (Å²) in [5.41, 5.74) is 0. The lowest BCUT2D eigenvalue weighted by Gasteiger charge is -2.39. The molecule has 0 bridgehead atoms. The van der Waals surface area contributed by atoms with Crippen LogP contribution < -0.4 is 5.11 Å². The molecule has 1 aliphatic rings. The normalized spacial score (nSPS) is 12.5. The van der Waals surface area contributed by atoms with Gasteiger partial charge in [0.25, 0.3) is 0 Å². The number of quaternary nitrogens is 1. The molecule has 27 heavy (non-hydrogen) atoms. The SMILES string of the molecule is C=CC(=O)[O-].CCCC[N+](CCCC)(CCCC)CCCC.O=C1CCO1. The van der Waals surface area contributed by atoms with E-state index in [1.807, 2.05) is 0 Å². The van der Waals surface area contributed by atoms with Gasteiger partial charge in [0.2, 0.25) is 0 Å². The first-order valence-electron chi connectivity index (χ1n) is 10.7. The smallest absolute Gasteiger partial charge is 0.309 e. The summed E-state index contributed by atoms with van der Waals surface area (Å²) in [4.78, 5) is 18.8. The van der Waals surface area contributed by atoms with Crippen molar-refractivity contribution in [3.63, 3.8) is 0 Å². The Hall–Kier alpha value is -1.36. The first-order chi connectivity index (χ1) is 12.9. The van der Waals surface area contributed by atoms with Crippen LogP contribution in [0.2, 0.25) is 0 Å². The fraction of sp³-hybridized carbons (Fsp3) is 0.818. The lowest BCUT2D eigenvalue weighted by atomic mass is 10.1. The quantitative estimate of drug-likeness (QED) is 0.274. The maximum absolute atomic E-state index is 9.68. The van der Waals surface area contributed by atoms with Gasteiger partial charge in [-0.25, -0.2) is 0 Å². The topological polar surface area (TPSA) is 66.4 Å². The number of hydrogen-bond acceptors (Lipinski definition) is 4. The summed E-state index contributed by atoms with van der Waals surface area (Å²) in [6, 6.07) is 0. The second-order valence-electron chi connectivity index (χ2n) is 7.14. The van der Waals surface area contributed by atoms with E-state index in [4.69, 9.17) is 9.90 Å². The van der Waals surface area contributed by atoms with E-state index in [2.05, 4.69) is 39.0 Å². The van der Waals surface area contributed by atoms with Crippen molar-refractivity contribution in [3.05, 3.63) is 12.7 Å². The highest BCUT2D eigenvalue weighted by molar-refractivity contribution is 5.76. The van der Waals surface area contributed by atoms with Crippen LogP contribution in [0.15, 0.2) is 12.7 Å². The molecule has 5 nitrogen and oxygen atoms in total. The molecule has 0 atom stereocenters. The summed E-state index contributed by atoms with van der Waals surface area (Å²) in [6.45, 7) is 18.6. The van der Waals surface area contributed by atoms with E-state index in [9.17, 15) is 4.79 Å². The fourth-order valence-electron chi connectivity index (χ4n) is 2.83. The minimum atomic E-state index is -1.23. The Morgan fingerprint density at radius 3 is 1.33 bits per heavy atom. The van der Waals surface area contributed by atoms with Crippen LogP contribution in [-0.4, -0.2) is 49.2 Å². The van der Waals surface area contributed by atoms with Gasteiger partial charge in [-0.15, -0.1) is 0 Å². The van der Waals surface area contributed by atoms with E-state index in [-0.39, 0.29) is 5.97 Å². The molecule has 0 spiro atoms. The zero-order chi connectivity index (χ0) is 21.0. The molecule has 160 valence electrons. The number of carboxylic acid groups (broad SMARTS) is 1. The van der Waals surface area contributed by atoms with Gasteiger partial charge in [0.15, 0.2) is 0 Å². The average Bonchev–Trinajstić information content (AvgIpc) is 2.66. The molecule has 1 fully saturated rings. The number of aliphatic carboxylic acids is 1. The zero-order valence-electron chi connectivity index (χ0n) is 18.3. The highest BCUT2D eigenvalue weighted by atomic mass is 16.6. The second kappa shape index (κ2) is 19.4. The summed E-state index contributed by atoms with van der Waals surface area (Å²) in [5, 5.41) is 9.14. The first kappa shape index (κ1) is 27.9. The summed E-state index contributed by atoms with van der Waals surface area (Å²) in [5.74, 6) is -1.30. The van der Waals surface area contributed by atoms with Crippen LogP contribution in [0.4, 0.5) is 0 Å². The van der Waals surface area contributed by atoms with Crippen molar-refractivity contribution in [3.8, 4) is 0 Å². The molecular weight excluding hydrogens is 342 g/mol. The Labute approximate surface area is 167 Å². The Kier molecular flexibility index (Phi) is 20.0. The van der Waals surface area contributed by atoms with E-state index in [1.165, 1.54) is 82.0 Å². The predicted octanol–water partition coefficient (Wildman–Crippen LogP) is 3.86. The molecular formula is C22H43NO4. The van der Waals surface area contributed by atoms with Crippen LogP contribution in [0.1, 0.15) is 85.5 Å². The van der Waals surface area contributed by atoms with Crippen molar-refractivity contribution < 1.29 is 23.9 Å². The first-order valence-corrected chi connectivity index (χ1v) is 10.7. The van der Waals surface area contributed by atoms with E-state index in [0.717, 1.165) is 6.08 Å². The number of cyclic esters (lactones) is 1. The average molecular weight is 386 g/mol. The molecule has 0 saturated carbocycles. The Morgan fingerprint density at radius 1 is 0.963 bits per heavy atom.